The monoisotopic (exact) mass is 481 g/mol. The van der Waals surface area contributed by atoms with Crippen LogP contribution in [0.25, 0.3) is 22.3 Å². The van der Waals surface area contributed by atoms with Crippen molar-refractivity contribution in [2.75, 3.05) is 13.2 Å². The SMILES string of the molecule is Cc1cc(-c2ncnn2C)c2cccc(OCc3c(Cl)cc(F)cc3[C@@H]3COCC(=O)N3)c2n1. The van der Waals surface area contributed by atoms with Crippen molar-refractivity contribution < 1.29 is 18.7 Å². The zero-order chi connectivity index (χ0) is 23.8. The molecule has 1 atom stereocenters. The molecule has 0 radical (unpaired) electrons. The van der Waals surface area contributed by atoms with Gasteiger partial charge in [-0.25, -0.2) is 19.0 Å². The predicted octanol–water partition coefficient (Wildman–Crippen LogP) is 3.90. The second-order valence-electron chi connectivity index (χ2n) is 8.05. The maximum absolute atomic E-state index is 14.2. The lowest BCUT2D eigenvalue weighted by atomic mass is 10.00. The largest absolute Gasteiger partial charge is 0.487 e. The van der Waals surface area contributed by atoms with Crippen molar-refractivity contribution in [3.05, 3.63) is 70.4 Å². The van der Waals surface area contributed by atoms with Gasteiger partial charge in [0.25, 0.3) is 0 Å². The first kappa shape index (κ1) is 22.2. The number of morpholine rings is 1. The van der Waals surface area contributed by atoms with Crippen molar-refractivity contribution in [2.24, 2.45) is 7.05 Å². The number of carbonyl (C=O) groups is 1. The molecule has 1 aliphatic rings. The average Bonchev–Trinajstić information content (AvgIpc) is 3.23. The van der Waals surface area contributed by atoms with Gasteiger partial charge in [0, 0.05) is 29.3 Å². The fourth-order valence-electron chi connectivity index (χ4n) is 4.14. The summed E-state index contributed by atoms with van der Waals surface area (Å²) >= 11 is 6.40. The van der Waals surface area contributed by atoms with E-state index in [1.165, 1.54) is 18.5 Å². The van der Waals surface area contributed by atoms with Crippen LogP contribution in [0.4, 0.5) is 4.39 Å². The summed E-state index contributed by atoms with van der Waals surface area (Å²) in [7, 11) is 1.83. The molecule has 2 aromatic carbocycles. The Morgan fingerprint density at radius 2 is 2.18 bits per heavy atom. The third kappa shape index (κ3) is 4.20. The molecule has 1 aliphatic heterocycles. The van der Waals surface area contributed by atoms with E-state index in [2.05, 4.69) is 15.4 Å². The number of nitrogens with zero attached hydrogens (tertiary/aromatic N) is 4. The van der Waals surface area contributed by atoms with E-state index < -0.39 is 11.9 Å². The van der Waals surface area contributed by atoms with Crippen LogP contribution >= 0.6 is 11.6 Å². The summed E-state index contributed by atoms with van der Waals surface area (Å²) in [6.07, 6.45) is 1.50. The molecular formula is C24H21ClFN5O3. The Morgan fingerprint density at radius 1 is 1.32 bits per heavy atom. The average molecular weight is 482 g/mol. The Hall–Kier alpha value is -3.56. The van der Waals surface area contributed by atoms with Crippen LogP contribution in [0, 0.1) is 12.7 Å². The molecule has 174 valence electrons. The lowest BCUT2D eigenvalue weighted by Gasteiger charge is -2.26. The zero-order valence-corrected chi connectivity index (χ0v) is 19.3. The number of benzene rings is 2. The fraction of sp³-hybridized carbons (Fsp3) is 0.250. The van der Waals surface area contributed by atoms with E-state index in [0.29, 0.717) is 28.2 Å². The van der Waals surface area contributed by atoms with Gasteiger partial charge in [-0.15, -0.1) is 0 Å². The van der Waals surface area contributed by atoms with Gasteiger partial charge in [0.1, 0.15) is 36.6 Å². The molecule has 5 rings (SSSR count). The molecule has 4 aromatic rings. The lowest BCUT2D eigenvalue weighted by Crippen LogP contribution is -2.40. The quantitative estimate of drug-likeness (QED) is 0.465. The van der Waals surface area contributed by atoms with Gasteiger partial charge in [-0.2, -0.15) is 5.10 Å². The number of pyridine rings is 1. The number of fused-ring (bicyclic) bond motifs is 1. The second kappa shape index (κ2) is 9.00. The van der Waals surface area contributed by atoms with E-state index in [1.807, 2.05) is 38.2 Å². The number of aryl methyl sites for hydroxylation is 2. The maximum Gasteiger partial charge on any atom is 0.246 e. The highest BCUT2D eigenvalue weighted by Crippen LogP contribution is 2.34. The lowest BCUT2D eigenvalue weighted by molar-refractivity contribution is -0.131. The molecule has 8 nitrogen and oxygen atoms in total. The summed E-state index contributed by atoms with van der Waals surface area (Å²) in [6.45, 7) is 2.14. The van der Waals surface area contributed by atoms with Crippen molar-refractivity contribution in [3.8, 4) is 17.1 Å². The summed E-state index contributed by atoms with van der Waals surface area (Å²) in [5.41, 5.74) is 3.42. The van der Waals surface area contributed by atoms with Gasteiger partial charge in [-0.3, -0.25) is 4.79 Å². The Labute approximate surface area is 199 Å². The second-order valence-corrected chi connectivity index (χ2v) is 8.46. The Kier molecular flexibility index (Phi) is 5.89. The molecule has 10 heteroatoms. The molecule has 2 aromatic heterocycles. The van der Waals surface area contributed by atoms with E-state index >= 15 is 0 Å². The van der Waals surface area contributed by atoms with Crippen LogP contribution in [0.2, 0.25) is 5.02 Å². The molecule has 0 unspecified atom stereocenters. The number of carbonyl (C=O) groups excluding carboxylic acids is 1. The van der Waals surface area contributed by atoms with Crippen LogP contribution in [0.1, 0.15) is 22.9 Å². The van der Waals surface area contributed by atoms with Crippen LogP contribution in [0.5, 0.6) is 5.75 Å². The minimum atomic E-state index is -0.525. The molecular weight excluding hydrogens is 461 g/mol. The standard InChI is InChI=1S/C24H21ClFN5O3/c1-13-6-17(24-27-12-28-31(24)2)15-4-3-5-21(23(15)29-13)34-9-18-16(7-14(26)8-19(18)25)20-10-33-11-22(32)30-20/h3-8,12,20H,9-11H2,1-2H3,(H,30,32)/t20-/m0/s1. The smallest absolute Gasteiger partial charge is 0.246 e. The number of aromatic nitrogens is 4. The Bertz CT molecular complexity index is 1410. The van der Waals surface area contributed by atoms with Gasteiger partial charge in [0.2, 0.25) is 5.91 Å². The summed E-state index contributed by atoms with van der Waals surface area (Å²) < 4.78 is 27.4. The molecule has 1 fully saturated rings. The van der Waals surface area contributed by atoms with Crippen molar-refractivity contribution in [1.82, 2.24) is 25.1 Å². The fourth-order valence-corrected chi connectivity index (χ4v) is 4.41. The Morgan fingerprint density at radius 3 is 2.94 bits per heavy atom. The van der Waals surface area contributed by atoms with Gasteiger partial charge >= 0.3 is 0 Å². The third-order valence-electron chi connectivity index (χ3n) is 5.68. The number of rotatable bonds is 5. The number of nitrogens with one attached hydrogen (secondary N) is 1. The van der Waals surface area contributed by atoms with Crippen molar-refractivity contribution in [2.45, 2.75) is 19.6 Å². The molecule has 3 heterocycles. The van der Waals surface area contributed by atoms with E-state index in [4.69, 9.17) is 26.1 Å². The van der Waals surface area contributed by atoms with Crippen LogP contribution in [-0.4, -0.2) is 38.9 Å². The van der Waals surface area contributed by atoms with Gasteiger partial charge in [-0.05, 0) is 36.8 Å². The summed E-state index contributed by atoms with van der Waals surface area (Å²) in [6, 6.07) is 9.65. The Balaban J connectivity index is 1.53. The number of ether oxygens (including phenoxy) is 2. The topological polar surface area (TPSA) is 91.2 Å². The number of amides is 1. The summed E-state index contributed by atoms with van der Waals surface area (Å²) in [5, 5.41) is 8.06. The van der Waals surface area contributed by atoms with Crippen LogP contribution in [0.3, 0.4) is 0 Å². The molecule has 0 bridgehead atoms. The van der Waals surface area contributed by atoms with Crippen molar-refractivity contribution in [3.63, 3.8) is 0 Å². The van der Waals surface area contributed by atoms with Gasteiger partial charge < -0.3 is 14.8 Å². The maximum atomic E-state index is 14.2. The molecule has 1 N–H and O–H groups in total. The molecule has 0 aliphatic carbocycles. The van der Waals surface area contributed by atoms with E-state index in [-0.39, 0.29) is 30.8 Å². The van der Waals surface area contributed by atoms with E-state index in [0.717, 1.165) is 16.6 Å². The predicted molar refractivity (Wildman–Crippen MR) is 124 cm³/mol. The first-order valence-corrected chi connectivity index (χ1v) is 11.0. The summed E-state index contributed by atoms with van der Waals surface area (Å²) in [5.74, 6) is 0.484. The number of para-hydroxylation sites is 1. The third-order valence-corrected chi connectivity index (χ3v) is 6.02. The zero-order valence-electron chi connectivity index (χ0n) is 18.5. The van der Waals surface area contributed by atoms with Crippen molar-refractivity contribution >= 4 is 28.4 Å². The normalized spacial score (nSPS) is 16.0. The summed E-state index contributed by atoms with van der Waals surface area (Å²) in [4.78, 5) is 20.9. The minimum absolute atomic E-state index is 0.0275. The van der Waals surface area contributed by atoms with Crippen LogP contribution in [-0.2, 0) is 23.2 Å². The van der Waals surface area contributed by atoms with E-state index in [9.17, 15) is 9.18 Å². The first-order chi connectivity index (χ1) is 16.4. The molecule has 0 saturated carbocycles. The first-order valence-electron chi connectivity index (χ1n) is 10.6. The minimum Gasteiger partial charge on any atom is -0.487 e. The highest BCUT2D eigenvalue weighted by Gasteiger charge is 2.25. The molecule has 0 spiro atoms. The van der Waals surface area contributed by atoms with E-state index in [1.54, 1.807) is 4.68 Å². The number of halogens is 2. The highest BCUT2D eigenvalue weighted by atomic mass is 35.5. The molecule has 1 saturated heterocycles. The van der Waals surface area contributed by atoms with Gasteiger partial charge in [0.05, 0.1) is 17.7 Å². The number of hydrogen-bond donors (Lipinski definition) is 1. The van der Waals surface area contributed by atoms with Crippen LogP contribution < -0.4 is 10.1 Å². The molecule has 34 heavy (non-hydrogen) atoms. The van der Waals surface area contributed by atoms with Gasteiger partial charge in [-0.1, -0.05) is 23.7 Å². The molecule has 1 amide bonds. The van der Waals surface area contributed by atoms with Crippen LogP contribution in [0.15, 0.2) is 42.7 Å². The highest BCUT2D eigenvalue weighted by molar-refractivity contribution is 6.31. The van der Waals surface area contributed by atoms with Gasteiger partial charge in [0.15, 0.2) is 5.82 Å². The van der Waals surface area contributed by atoms with Crippen molar-refractivity contribution in [1.29, 1.82) is 0 Å². The number of hydrogen-bond acceptors (Lipinski definition) is 6.